The highest BCUT2D eigenvalue weighted by Gasteiger charge is 2.23. The van der Waals surface area contributed by atoms with Crippen molar-refractivity contribution < 1.29 is 4.74 Å². The van der Waals surface area contributed by atoms with Crippen LogP contribution in [0.2, 0.25) is 5.02 Å². The lowest BCUT2D eigenvalue weighted by Gasteiger charge is -2.26. The number of likely N-dealkylation sites (tertiary alicyclic amines) is 1. The first kappa shape index (κ1) is 23.5. The van der Waals surface area contributed by atoms with Crippen molar-refractivity contribution in [2.45, 2.75) is 43.5 Å². The summed E-state index contributed by atoms with van der Waals surface area (Å²) in [4.78, 5) is 16.6. The van der Waals surface area contributed by atoms with E-state index in [2.05, 4.69) is 17.0 Å². The molecule has 2 aliphatic rings. The molecule has 34 heavy (non-hydrogen) atoms. The molecule has 0 amide bonds. The standard InChI is InChI=1S/C27H30ClN3O2S/c28-22-9-5-20(6-10-22)19-31-27(32)24-13-18-34-26(24)25(29-31)21-7-11-23(12-8-21)33-17-4-16-30-14-2-1-3-15-30/h5-12H,1-4,13-19H2. The lowest BCUT2D eigenvalue weighted by Crippen LogP contribution is -2.31. The number of fused-ring (bicyclic) bond motifs is 1. The van der Waals surface area contributed by atoms with Crippen LogP contribution in [0.1, 0.15) is 36.8 Å². The van der Waals surface area contributed by atoms with Crippen LogP contribution < -0.4 is 10.3 Å². The first-order chi connectivity index (χ1) is 16.7. The maximum atomic E-state index is 13.1. The highest BCUT2D eigenvalue weighted by molar-refractivity contribution is 7.99. The fraction of sp³-hybridized carbons (Fsp3) is 0.407. The average molecular weight is 496 g/mol. The second-order valence-electron chi connectivity index (χ2n) is 8.97. The molecule has 178 valence electrons. The molecular weight excluding hydrogens is 466 g/mol. The first-order valence-corrected chi connectivity index (χ1v) is 13.5. The summed E-state index contributed by atoms with van der Waals surface area (Å²) in [6, 6.07) is 15.7. The van der Waals surface area contributed by atoms with Crippen LogP contribution in [0, 0.1) is 0 Å². The Morgan fingerprint density at radius 3 is 2.53 bits per heavy atom. The minimum atomic E-state index is 0.00681. The zero-order valence-corrected chi connectivity index (χ0v) is 20.9. The largest absolute Gasteiger partial charge is 0.494 e. The second-order valence-corrected chi connectivity index (χ2v) is 10.5. The molecule has 2 aliphatic heterocycles. The predicted octanol–water partition coefficient (Wildman–Crippen LogP) is 5.52. The summed E-state index contributed by atoms with van der Waals surface area (Å²) >= 11 is 7.74. The number of rotatable bonds is 8. The predicted molar refractivity (Wildman–Crippen MR) is 139 cm³/mol. The van der Waals surface area contributed by atoms with E-state index in [0.717, 1.165) is 64.8 Å². The van der Waals surface area contributed by atoms with E-state index >= 15 is 0 Å². The number of ether oxygens (including phenoxy) is 1. The normalized spacial score (nSPS) is 15.9. The molecule has 0 radical (unpaired) electrons. The van der Waals surface area contributed by atoms with Crippen LogP contribution in [-0.2, 0) is 13.0 Å². The number of benzene rings is 2. The third kappa shape index (κ3) is 5.51. The molecule has 1 saturated heterocycles. The molecule has 0 spiro atoms. The smallest absolute Gasteiger partial charge is 0.271 e. The van der Waals surface area contributed by atoms with Crippen molar-refractivity contribution in [3.63, 3.8) is 0 Å². The zero-order valence-electron chi connectivity index (χ0n) is 19.3. The maximum Gasteiger partial charge on any atom is 0.271 e. The number of hydrogen-bond donors (Lipinski definition) is 0. The van der Waals surface area contributed by atoms with Gasteiger partial charge in [-0.2, -0.15) is 5.10 Å². The third-order valence-corrected chi connectivity index (χ3v) is 7.90. The van der Waals surface area contributed by atoms with Crippen molar-refractivity contribution >= 4 is 23.4 Å². The second kappa shape index (κ2) is 11.0. The Balaban J connectivity index is 1.29. The third-order valence-electron chi connectivity index (χ3n) is 6.51. The van der Waals surface area contributed by atoms with E-state index in [1.165, 1.54) is 32.4 Å². The summed E-state index contributed by atoms with van der Waals surface area (Å²) in [5, 5.41) is 5.48. The van der Waals surface area contributed by atoms with Crippen LogP contribution >= 0.6 is 23.4 Å². The molecule has 7 heteroatoms. The van der Waals surface area contributed by atoms with Crippen LogP contribution in [0.4, 0.5) is 0 Å². The molecule has 5 nitrogen and oxygen atoms in total. The number of piperidine rings is 1. The number of aromatic nitrogens is 2. The summed E-state index contributed by atoms with van der Waals surface area (Å²) in [5.41, 5.74) is 3.78. The number of hydrogen-bond acceptors (Lipinski definition) is 5. The van der Waals surface area contributed by atoms with E-state index in [-0.39, 0.29) is 5.56 Å². The molecule has 2 aromatic carbocycles. The Morgan fingerprint density at radius 2 is 1.76 bits per heavy atom. The molecular formula is C27H30ClN3O2S. The molecule has 0 saturated carbocycles. The molecule has 0 unspecified atom stereocenters. The van der Waals surface area contributed by atoms with Gasteiger partial charge in [0.15, 0.2) is 0 Å². The minimum Gasteiger partial charge on any atom is -0.494 e. The van der Waals surface area contributed by atoms with Gasteiger partial charge in [0.25, 0.3) is 5.56 Å². The van der Waals surface area contributed by atoms with Gasteiger partial charge in [0.1, 0.15) is 11.4 Å². The lowest BCUT2D eigenvalue weighted by molar-refractivity contribution is 0.205. The summed E-state index contributed by atoms with van der Waals surface area (Å²) in [7, 11) is 0. The molecule has 0 atom stereocenters. The summed E-state index contributed by atoms with van der Waals surface area (Å²) < 4.78 is 7.59. The van der Waals surface area contributed by atoms with Crippen LogP contribution in [0.3, 0.4) is 0 Å². The van der Waals surface area contributed by atoms with Crippen molar-refractivity contribution in [2.75, 3.05) is 32.0 Å². The number of thioether (sulfide) groups is 1. The van der Waals surface area contributed by atoms with Crippen molar-refractivity contribution in [2.24, 2.45) is 0 Å². The van der Waals surface area contributed by atoms with E-state index in [0.29, 0.717) is 11.6 Å². The van der Waals surface area contributed by atoms with Crippen LogP contribution in [0.25, 0.3) is 11.3 Å². The Kier molecular flexibility index (Phi) is 7.57. The quantitative estimate of drug-likeness (QED) is 0.385. The summed E-state index contributed by atoms with van der Waals surface area (Å²) in [6.45, 7) is 4.72. The molecule has 0 bridgehead atoms. The van der Waals surface area contributed by atoms with Gasteiger partial charge in [-0.15, -0.1) is 11.8 Å². The minimum absolute atomic E-state index is 0.00681. The van der Waals surface area contributed by atoms with Gasteiger partial charge < -0.3 is 9.64 Å². The monoisotopic (exact) mass is 495 g/mol. The molecule has 0 N–H and O–H groups in total. The van der Waals surface area contributed by atoms with E-state index < -0.39 is 0 Å². The van der Waals surface area contributed by atoms with Crippen molar-refractivity contribution in [1.29, 1.82) is 0 Å². The van der Waals surface area contributed by atoms with E-state index in [9.17, 15) is 4.79 Å². The van der Waals surface area contributed by atoms with Crippen LogP contribution in [-0.4, -0.2) is 46.7 Å². The molecule has 3 heterocycles. The Morgan fingerprint density at radius 1 is 1.00 bits per heavy atom. The molecule has 1 aromatic heterocycles. The molecule has 5 rings (SSSR count). The Bertz CT molecular complexity index is 1170. The Labute approximate surface area is 210 Å². The van der Waals surface area contributed by atoms with Crippen LogP contribution in [0.15, 0.2) is 58.2 Å². The van der Waals surface area contributed by atoms with Gasteiger partial charge in [0, 0.05) is 33.3 Å². The SMILES string of the molecule is O=c1c2c(c(-c3ccc(OCCCN4CCCCC4)cc3)nn1Cc1ccc(Cl)cc1)SCC2. The number of halogens is 1. The lowest BCUT2D eigenvalue weighted by atomic mass is 10.1. The summed E-state index contributed by atoms with van der Waals surface area (Å²) in [6.07, 6.45) is 5.85. The molecule has 0 aliphatic carbocycles. The van der Waals surface area contributed by atoms with Gasteiger partial charge >= 0.3 is 0 Å². The van der Waals surface area contributed by atoms with E-state index in [1.54, 1.807) is 16.4 Å². The summed E-state index contributed by atoms with van der Waals surface area (Å²) in [5.74, 6) is 1.80. The van der Waals surface area contributed by atoms with Crippen molar-refractivity contribution in [3.8, 4) is 17.0 Å². The van der Waals surface area contributed by atoms with Gasteiger partial charge in [0.05, 0.1) is 13.2 Å². The first-order valence-electron chi connectivity index (χ1n) is 12.1. The molecule has 1 fully saturated rings. The van der Waals surface area contributed by atoms with Gasteiger partial charge in [-0.05, 0) is 80.7 Å². The fourth-order valence-corrected chi connectivity index (χ4v) is 5.96. The van der Waals surface area contributed by atoms with Gasteiger partial charge in [-0.25, -0.2) is 4.68 Å². The van der Waals surface area contributed by atoms with E-state index in [1.807, 2.05) is 36.4 Å². The van der Waals surface area contributed by atoms with Crippen LogP contribution in [0.5, 0.6) is 5.75 Å². The highest BCUT2D eigenvalue weighted by Crippen LogP contribution is 2.37. The Hall–Kier alpha value is -2.28. The topological polar surface area (TPSA) is 47.4 Å². The van der Waals surface area contributed by atoms with Gasteiger partial charge in [0.2, 0.25) is 0 Å². The van der Waals surface area contributed by atoms with Crippen molar-refractivity contribution in [3.05, 3.63) is 75.0 Å². The maximum absolute atomic E-state index is 13.1. The van der Waals surface area contributed by atoms with Gasteiger partial charge in [-0.1, -0.05) is 30.2 Å². The zero-order chi connectivity index (χ0) is 23.3. The van der Waals surface area contributed by atoms with Crippen molar-refractivity contribution in [1.82, 2.24) is 14.7 Å². The fourth-order valence-electron chi connectivity index (χ4n) is 4.67. The highest BCUT2D eigenvalue weighted by atomic mass is 35.5. The molecule has 3 aromatic rings. The van der Waals surface area contributed by atoms with Gasteiger partial charge in [-0.3, -0.25) is 4.79 Å². The number of nitrogens with zero attached hydrogens (tertiary/aromatic N) is 3. The average Bonchev–Trinajstić information content (AvgIpc) is 3.37. The van der Waals surface area contributed by atoms with E-state index in [4.69, 9.17) is 21.4 Å².